The van der Waals surface area contributed by atoms with E-state index in [-0.39, 0.29) is 0 Å². The van der Waals surface area contributed by atoms with Crippen LogP contribution < -0.4 is 0 Å². The third-order valence-electron chi connectivity index (χ3n) is 9.34. The summed E-state index contributed by atoms with van der Waals surface area (Å²) in [6, 6.07) is 0. The SMILES string of the molecule is CC1C(=O)OC2O[C@@]34C(=O)OC5[C@H](O)[C@@H](C(C)(C)C)C21C53C(O)[C@@H]1OC(=O)[C@@H](C)[C@@]14O. The summed E-state index contributed by atoms with van der Waals surface area (Å²) in [5.41, 5.74) is -8.28. The quantitative estimate of drug-likeness (QED) is 0.313. The highest BCUT2D eigenvalue weighted by atomic mass is 16.8. The molecule has 0 aromatic carbocycles. The van der Waals surface area contributed by atoms with Crippen LogP contribution in [0.15, 0.2) is 0 Å². The predicted molar refractivity (Wildman–Crippen MR) is 96.6 cm³/mol. The molecule has 6 rings (SSSR count). The minimum absolute atomic E-state index is 0.587. The summed E-state index contributed by atoms with van der Waals surface area (Å²) in [6.07, 6.45) is -6.96. The Morgan fingerprint density at radius 1 is 0.903 bits per heavy atom. The fourth-order valence-electron chi connectivity index (χ4n) is 8.61. The summed E-state index contributed by atoms with van der Waals surface area (Å²) >= 11 is 0. The van der Waals surface area contributed by atoms with Crippen LogP contribution in [0.25, 0.3) is 0 Å². The molecular formula is C21H26O10. The Morgan fingerprint density at radius 3 is 2.13 bits per heavy atom. The summed E-state index contributed by atoms with van der Waals surface area (Å²) in [5.74, 6) is -5.16. The van der Waals surface area contributed by atoms with Crippen molar-refractivity contribution in [3.8, 4) is 0 Å². The topological polar surface area (TPSA) is 149 Å². The smallest absolute Gasteiger partial charge is 0.343 e. The van der Waals surface area contributed by atoms with Crippen molar-refractivity contribution in [3.05, 3.63) is 0 Å². The standard InChI is InChI=1S/C21H26O10/c1-6-13(24)30-16-18(6)9(17(3,4)5)8(22)11-19(18)10(23)12-20(27,7(2)14(25)28-12)21(19,31-16)15(26)29-11/h6-12,16,22-23,27H,1-5H3/t6?,7-,8-,9+,10?,11?,12+,16?,18?,19?,20-,21+/m1/s1. The van der Waals surface area contributed by atoms with Gasteiger partial charge in [-0.2, -0.15) is 0 Å². The van der Waals surface area contributed by atoms with Gasteiger partial charge in [0.25, 0.3) is 0 Å². The second-order valence-electron chi connectivity index (χ2n) is 11.1. The molecule has 4 aliphatic heterocycles. The van der Waals surface area contributed by atoms with Gasteiger partial charge in [-0.3, -0.25) is 9.59 Å². The molecule has 4 saturated heterocycles. The van der Waals surface area contributed by atoms with Crippen LogP contribution in [0.5, 0.6) is 0 Å². The zero-order valence-electron chi connectivity index (χ0n) is 17.8. The summed E-state index contributed by atoms with van der Waals surface area (Å²) in [5, 5.41) is 35.2. The summed E-state index contributed by atoms with van der Waals surface area (Å²) < 4.78 is 22.8. The third-order valence-corrected chi connectivity index (χ3v) is 9.34. The van der Waals surface area contributed by atoms with Crippen molar-refractivity contribution >= 4 is 17.9 Å². The summed E-state index contributed by atoms with van der Waals surface area (Å²) in [6.45, 7) is 8.65. The molecule has 0 aromatic rings. The van der Waals surface area contributed by atoms with E-state index in [0.29, 0.717) is 0 Å². The molecule has 2 spiro atoms. The highest BCUT2D eigenvalue weighted by Gasteiger charge is 3.04. The largest absolute Gasteiger partial charge is 0.456 e. The molecule has 12 atom stereocenters. The summed E-state index contributed by atoms with van der Waals surface area (Å²) in [4.78, 5) is 38.7. The van der Waals surface area contributed by atoms with E-state index in [1.54, 1.807) is 6.92 Å². The van der Waals surface area contributed by atoms with Crippen LogP contribution in [0.4, 0.5) is 0 Å². The first-order valence-electron chi connectivity index (χ1n) is 10.7. The van der Waals surface area contributed by atoms with Gasteiger partial charge in [0, 0.05) is 5.92 Å². The van der Waals surface area contributed by atoms with Crippen LogP contribution in [0.3, 0.4) is 0 Å². The van der Waals surface area contributed by atoms with Gasteiger partial charge in [0.05, 0.1) is 28.8 Å². The highest BCUT2D eigenvalue weighted by Crippen LogP contribution is 2.85. The molecule has 6 unspecified atom stereocenters. The molecule has 10 heteroatoms. The van der Waals surface area contributed by atoms with Gasteiger partial charge < -0.3 is 34.3 Å². The lowest BCUT2D eigenvalue weighted by atomic mass is 9.49. The van der Waals surface area contributed by atoms with E-state index < -0.39 is 93.8 Å². The molecule has 6 aliphatic rings. The molecule has 170 valence electrons. The second-order valence-corrected chi connectivity index (χ2v) is 11.1. The summed E-state index contributed by atoms with van der Waals surface area (Å²) in [7, 11) is 0. The first-order valence-corrected chi connectivity index (χ1v) is 10.7. The third kappa shape index (κ3) is 1.44. The number of aliphatic hydroxyl groups excluding tert-OH is 2. The predicted octanol–water partition coefficient (Wildman–Crippen LogP) is -1.12. The highest BCUT2D eigenvalue weighted by molar-refractivity contribution is 5.94. The molecule has 2 aliphatic carbocycles. The van der Waals surface area contributed by atoms with Crippen molar-refractivity contribution in [3.63, 3.8) is 0 Å². The molecule has 6 fully saturated rings. The molecule has 31 heavy (non-hydrogen) atoms. The molecule has 0 radical (unpaired) electrons. The molecule has 0 amide bonds. The van der Waals surface area contributed by atoms with Crippen LogP contribution in [0.1, 0.15) is 34.6 Å². The maximum atomic E-state index is 13.5. The number of carbonyl (C=O) groups excluding carboxylic acids is 3. The van der Waals surface area contributed by atoms with E-state index in [1.807, 2.05) is 20.8 Å². The molecule has 2 saturated carbocycles. The minimum Gasteiger partial charge on any atom is -0.456 e. The van der Waals surface area contributed by atoms with Crippen LogP contribution >= 0.6 is 0 Å². The van der Waals surface area contributed by atoms with E-state index in [4.69, 9.17) is 18.9 Å². The van der Waals surface area contributed by atoms with Gasteiger partial charge in [-0.25, -0.2) is 4.79 Å². The Labute approximate surface area is 177 Å². The average molecular weight is 438 g/mol. The molecule has 4 heterocycles. The minimum atomic E-state index is -2.26. The number of aliphatic hydroxyl groups is 3. The second kappa shape index (κ2) is 4.93. The van der Waals surface area contributed by atoms with Crippen molar-refractivity contribution < 1.29 is 48.7 Å². The fraction of sp³-hybridized carbons (Fsp3) is 0.857. The Kier molecular flexibility index (Phi) is 3.16. The van der Waals surface area contributed by atoms with Gasteiger partial charge in [-0.15, -0.1) is 0 Å². The number of rotatable bonds is 0. The van der Waals surface area contributed by atoms with Crippen molar-refractivity contribution in [1.29, 1.82) is 0 Å². The lowest BCUT2D eigenvalue weighted by Crippen LogP contribution is -2.66. The first-order chi connectivity index (χ1) is 14.3. The lowest BCUT2D eigenvalue weighted by Gasteiger charge is -2.48. The number of hydrogen-bond acceptors (Lipinski definition) is 10. The Balaban J connectivity index is 1.75. The van der Waals surface area contributed by atoms with E-state index in [2.05, 4.69) is 0 Å². The van der Waals surface area contributed by atoms with Crippen molar-refractivity contribution in [2.24, 2.45) is 34.0 Å². The van der Waals surface area contributed by atoms with Gasteiger partial charge in [0.15, 0.2) is 11.7 Å². The zero-order chi connectivity index (χ0) is 22.7. The van der Waals surface area contributed by atoms with Gasteiger partial charge in [-0.1, -0.05) is 27.7 Å². The number of ether oxygens (including phenoxy) is 4. The number of esters is 3. The molecule has 10 nitrogen and oxygen atoms in total. The van der Waals surface area contributed by atoms with Gasteiger partial charge in [0.1, 0.15) is 12.2 Å². The van der Waals surface area contributed by atoms with Crippen LogP contribution in [0.2, 0.25) is 0 Å². The number of carbonyl (C=O) groups is 3. The van der Waals surface area contributed by atoms with Crippen molar-refractivity contribution in [2.45, 2.75) is 76.5 Å². The lowest BCUT2D eigenvalue weighted by molar-refractivity contribution is -0.240. The van der Waals surface area contributed by atoms with Crippen LogP contribution in [-0.2, 0) is 33.3 Å². The van der Waals surface area contributed by atoms with E-state index >= 15 is 0 Å². The van der Waals surface area contributed by atoms with Gasteiger partial charge in [0.2, 0.25) is 11.9 Å². The molecular weight excluding hydrogens is 412 g/mol. The Morgan fingerprint density at radius 2 is 1.52 bits per heavy atom. The fourth-order valence-corrected chi connectivity index (χ4v) is 8.61. The maximum absolute atomic E-state index is 13.5. The number of hydrogen-bond donors (Lipinski definition) is 3. The molecule has 0 aromatic heterocycles. The first kappa shape index (κ1) is 19.9. The monoisotopic (exact) mass is 438 g/mol. The number of fused-ring (bicyclic) bond motifs is 1. The van der Waals surface area contributed by atoms with E-state index in [1.165, 1.54) is 6.92 Å². The molecule has 3 N–H and O–H groups in total. The maximum Gasteiger partial charge on any atom is 0.343 e. The Bertz CT molecular complexity index is 956. The normalized spacial score (nSPS) is 61.0. The average Bonchev–Trinajstić information content (AvgIpc) is 3.35. The van der Waals surface area contributed by atoms with Crippen LogP contribution in [-0.4, -0.2) is 75.1 Å². The van der Waals surface area contributed by atoms with Gasteiger partial charge in [-0.05, 0) is 12.3 Å². The Hall–Kier alpha value is -1.75. The van der Waals surface area contributed by atoms with E-state index in [9.17, 15) is 29.7 Å². The van der Waals surface area contributed by atoms with Gasteiger partial charge >= 0.3 is 17.9 Å². The van der Waals surface area contributed by atoms with E-state index in [0.717, 1.165) is 0 Å². The van der Waals surface area contributed by atoms with Crippen molar-refractivity contribution in [1.82, 2.24) is 0 Å². The van der Waals surface area contributed by atoms with Crippen molar-refractivity contribution in [2.75, 3.05) is 0 Å². The zero-order valence-corrected chi connectivity index (χ0v) is 17.8. The molecule has 0 bridgehead atoms. The van der Waals surface area contributed by atoms with Crippen LogP contribution in [0, 0.1) is 34.0 Å².